The summed E-state index contributed by atoms with van der Waals surface area (Å²) >= 11 is 0. The zero-order valence-electron chi connectivity index (χ0n) is 12.9. The van der Waals surface area contributed by atoms with Crippen molar-refractivity contribution in [1.82, 2.24) is 5.32 Å². The first-order valence-corrected chi connectivity index (χ1v) is 9.08. The van der Waals surface area contributed by atoms with Crippen molar-refractivity contribution >= 4 is 15.7 Å². The molecule has 0 radical (unpaired) electrons. The van der Waals surface area contributed by atoms with Crippen molar-refractivity contribution in [2.75, 3.05) is 12.9 Å². The van der Waals surface area contributed by atoms with Crippen LogP contribution in [0.4, 0.5) is 0 Å². The number of sulfone groups is 1. The fraction of sp³-hybridized carbons (Fsp3) is 0.235. The maximum Gasteiger partial charge on any atom is 0.223 e. The lowest BCUT2D eigenvalue weighted by Gasteiger charge is -2.08. The van der Waals surface area contributed by atoms with Gasteiger partial charge >= 0.3 is 0 Å². The van der Waals surface area contributed by atoms with Gasteiger partial charge in [0.25, 0.3) is 0 Å². The first-order chi connectivity index (χ1) is 10.9. The third-order valence-electron chi connectivity index (χ3n) is 3.18. The molecule has 0 saturated heterocycles. The summed E-state index contributed by atoms with van der Waals surface area (Å²) in [7, 11) is -3.19. The van der Waals surface area contributed by atoms with Crippen molar-refractivity contribution in [3.05, 3.63) is 60.2 Å². The number of carbonyl (C=O) groups is 1. The predicted octanol–water partition coefficient (Wildman–Crippen LogP) is 2.18. The molecular weight excluding hydrogens is 314 g/mol. The Morgan fingerprint density at radius 3 is 2.30 bits per heavy atom. The molecule has 0 spiro atoms. The first-order valence-electron chi connectivity index (χ1n) is 7.19. The van der Waals surface area contributed by atoms with Crippen LogP contribution in [0.3, 0.4) is 0 Å². The van der Waals surface area contributed by atoms with E-state index >= 15 is 0 Å². The van der Waals surface area contributed by atoms with Crippen LogP contribution in [-0.2, 0) is 21.2 Å². The zero-order chi connectivity index (χ0) is 16.7. The molecule has 0 atom stereocenters. The van der Waals surface area contributed by atoms with Crippen LogP contribution >= 0.6 is 0 Å². The van der Waals surface area contributed by atoms with Crippen LogP contribution in [-0.4, -0.2) is 27.2 Å². The molecule has 0 aliphatic carbocycles. The van der Waals surface area contributed by atoms with Crippen molar-refractivity contribution in [2.45, 2.75) is 17.9 Å². The molecule has 5 nitrogen and oxygen atoms in total. The van der Waals surface area contributed by atoms with Gasteiger partial charge in [-0.2, -0.15) is 0 Å². The molecule has 0 saturated carbocycles. The highest BCUT2D eigenvalue weighted by Gasteiger charge is 2.07. The van der Waals surface area contributed by atoms with Crippen LogP contribution in [0.2, 0.25) is 0 Å². The minimum absolute atomic E-state index is 0.117. The third-order valence-corrected chi connectivity index (χ3v) is 4.31. The second-order valence-corrected chi connectivity index (χ2v) is 7.12. The number of hydrogen-bond donors (Lipinski definition) is 1. The number of ether oxygens (including phenoxy) is 1. The molecule has 0 heterocycles. The summed E-state index contributed by atoms with van der Waals surface area (Å²) in [5.74, 6) is 0.616. The standard InChI is InChI=1S/C17H19NO4S/c1-23(20,21)16-9-7-14(8-10-16)13-18-17(19)11-12-22-15-5-3-2-4-6-15/h2-10H,11-13H2,1H3,(H,18,19). The Labute approximate surface area is 136 Å². The Bertz CT molecular complexity index is 740. The summed E-state index contributed by atoms with van der Waals surface area (Å²) in [5.41, 5.74) is 0.842. The quantitative estimate of drug-likeness (QED) is 0.843. The largest absolute Gasteiger partial charge is 0.493 e. The Kier molecular flexibility index (Phi) is 5.76. The van der Waals surface area contributed by atoms with Crippen LogP contribution in [0.15, 0.2) is 59.5 Å². The maximum atomic E-state index is 11.7. The lowest BCUT2D eigenvalue weighted by molar-refractivity contribution is -0.121. The van der Waals surface area contributed by atoms with Crippen LogP contribution in [0.1, 0.15) is 12.0 Å². The molecule has 0 aromatic heterocycles. The van der Waals surface area contributed by atoms with Gasteiger partial charge in [0.1, 0.15) is 5.75 Å². The first kappa shape index (κ1) is 17.0. The lowest BCUT2D eigenvalue weighted by Crippen LogP contribution is -2.24. The summed E-state index contributed by atoms with van der Waals surface area (Å²) in [6.07, 6.45) is 1.42. The van der Waals surface area contributed by atoms with Gasteiger partial charge in [0, 0.05) is 12.8 Å². The van der Waals surface area contributed by atoms with Crippen molar-refractivity contribution in [3.8, 4) is 5.75 Å². The molecule has 0 fully saturated rings. The summed E-state index contributed by atoms with van der Waals surface area (Å²) in [6, 6.07) is 15.8. The molecular formula is C17H19NO4S. The van der Waals surface area contributed by atoms with Gasteiger partial charge in [-0.05, 0) is 29.8 Å². The fourth-order valence-corrected chi connectivity index (χ4v) is 2.55. The van der Waals surface area contributed by atoms with E-state index in [1.165, 1.54) is 12.1 Å². The molecule has 0 bridgehead atoms. The molecule has 1 amide bonds. The number of rotatable bonds is 7. The molecule has 1 N–H and O–H groups in total. The van der Waals surface area contributed by atoms with E-state index in [4.69, 9.17) is 4.74 Å². The second-order valence-electron chi connectivity index (χ2n) is 5.10. The average molecular weight is 333 g/mol. The molecule has 2 rings (SSSR count). The smallest absolute Gasteiger partial charge is 0.223 e. The highest BCUT2D eigenvalue weighted by atomic mass is 32.2. The molecule has 23 heavy (non-hydrogen) atoms. The normalized spacial score (nSPS) is 11.0. The van der Waals surface area contributed by atoms with Crippen LogP contribution < -0.4 is 10.1 Å². The van der Waals surface area contributed by atoms with E-state index in [1.807, 2.05) is 30.3 Å². The molecule has 2 aromatic carbocycles. The van der Waals surface area contributed by atoms with Crippen molar-refractivity contribution in [2.24, 2.45) is 0 Å². The monoisotopic (exact) mass is 333 g/mol. The number of hydrogen-bond acceptors (Lipinski definition) is 4. The van der Waals surface area contributed by atoms with Gasteiger partial charge in [-0.1, -0.05) is 30.3 Å². The number of nitrogens with one attached hydrogen (secondary N) is 1. The molecule has 0 unspecified atom stereocenters. The number of amides is 1. The van der Waals surface area contributed by atoms with Gasteiger partial charge in [-0.3, -0.25) is 4.79 Å². The average Bonchev–Trinajstić information content (AvgIpc) is 2.53. The number of para-hydroxylation sites is 1. The van der Waals surface area contributed by atoms with Gasteiger partial charge in [0.2, 0.25) is 5.91 Å². The highest BCUT2D eigenvalue weighted by Crippen LogP contribution is 2.10. The van der Waals surface area contributed by atoms with Gasteiger partial charge in [0.15, 0.2) is 9.84 Å². The van der Waals surface area contributed by atoms with Crippen LogP contribution in [0.25, 0.3) is 0 Å². The van der Waals surface area contributed by atoms with E-state index in [0.717, 1.165) is 17.6 Å². The van der Waals surface area contributed by atoms with Gasteiger partial charge in [-0.15, -0.1) is 0 Å². The minimum Gasteiger partial charge on any atom is -0.493 e. The molecule has 0 aliphatic rings. The summed E-state index contributed by atoms with van der Waals surface area (Å²) in [4.78, 5) is 12.0. The summed E-state index contributed by atoms with van der Waals surface area (Å²) in [6.45, 7) is 0.664. The van der Waals surface area contributed by atoms with Crippen molar-refractivity contribution in [3.63, 3.8) is 0 Å². The molecule has 0 aliphatic heterocycles. The van der Waals surface area contributed by atoms with Crippen molar-refractivity contribution in [1.29, 1.82) is 0 Å². The molecule has 6 heteroatoms. The van der Waals surface area contributed by atoms with Crippen molar-refractivity contribution < 1.29 is 17.9 Å². The molecule has 122 valence electrons. The number of carbonyl (C=O) groups excluding carboxylic acids is 1. The van der Waals surface area contributed by atoms with Crippen LogP contribution in [0.5, 0.6) is 5.75 Å². The Morgan fingerprint density at radius 2 is 1.70 bits per heavy atom. The van der Waals surface area contributed by atoms with E-state index in [0.29, 0.717) is 13.2 Å². The Balaban J connectivity index is 1.74. The van der Waals surface area contributed by atoms with E-state index in [-0.39, 0.29) is 17.2 Å². The van der Waals surface area contributed by atoms with E-state index in [9.17, 15) is 13.2 Å². The molecule has 2 aromatic rings. The minimum atomic E-state index is -3.19. The van der Waals surface area contributed by atoms with E-state index in [2.05, 4.69) is 5.32 Å². The Hall–Kier alpha value is -2.34. The number of benzene rings is 2. The van der Waals surface area contributed by atoms with Gasteiger partial charge in [0.05, 0.1) is 17.9 Å². The van der Waals surface area contributed by atoms with Crippen LogP contribution in [0, 0.1) is 0 Å². The fourth-order valence-electron chi connectivity index (χ4n) is 1.92. The third kappa shape index (κ3) is 5.75. The van der Waals surface area contributed by atoms with E-state index < -0.39 is 9.84 Å². The zero-order valence-corrected chi connectivity index (χ0v) is 13.7. The summed E-state index contributed by atoms with van der Waals surface area (Å²) < 4.78 is 28.2. The lowest BCUT2D eigenvalue weighted by atomic mass is 10.2. The van der Waals surface area contributed by atoms with Gasteiger partial charge < -0.3 is 10.1 Å². The topological polar surface area (TPSA) is 72.5 Å². The second kappa shape index (κ2) is 7.78. The maximum absolute atomic E-state index is 11.7. The highest BCUT2D eigenvalue weighted by molar-refractivity contribution is 7.90. The SMILES string of the molecule is CS(=O)(=O)c1ccc(CNC(=O)CCOc2ccccc2)cc1. The summed E-state index contributed by atoms with van der Waals surface area (Å²) in [5, 5.41) is 2.78. The van der Waals surface area contributed by atoms with Gasteiger partial charge in [-0.25, -0.2) is 8.42 Å². The van der Waals surface area contributed by atoms with E-state index in [1.54, 1.807) is 12.1 Å². The predicted molar refractivity (Wildman–Crippen MR) is 88.0 cm³/mol. The Morgan fingerprint density at radius 1 is 1.04 bits per heavy atom.